The lowest BCUT2D eigenvalue weighted by atomic mass is 9.83. The van der Waals surface area contributed by atoms with Crippen LogP contribution in [0.2, 0.25) is 0 Å². The van der Waals surface area contributed by atoms with E-state index in [1.807, 2.05) is 40.8 Å². The van der Waals surface area contributed by atoms with Crippen LogP contribution < -0.4 is 11.4 Å². The third kappa shape index (κ3) is 6.83. The molecule has 17 heteroatoms. The SMILES string of the molecule is COCCn1ncc2cc(-n3ccn(-c4c5c(nn4-c4cc(C)c(F)c(C)c4)CCN(C(=O)c4cc6cc([C@@H]7CCOC(C)(C)C7)ccc6n4[C@@]4(c6noc(=O)[nH]6)C[C@@H]4C)[C@H]5C)c3=O)ccc21. The first kappa shape index (κ1) is 42.8. The van der Waals surface area contributed by atoms with Crippen molar-refractivity contribution in [1.82, 2.24) is 48.3 Å². The highest BCUT2D eigenvalue weighted by Crippen LogP contribution is 2.56. The van der Waals surface area contributed by atoms with Crippen LogP contribution in [0.25, 0.3) is 39.0 Å². The van der Waals surface area contributed by atoms with Gasteiger partial charge in [0.15, 0.2) is 5.82 Å². The molecule has 1 aliphatic carbocycles. The number of benzene rings is 3. The zero-order chi connectivity index (χ0) is 46.7. The van der Waals surface area contributed by atoms with Gasteiger partial charge in [0.05, 0.1) is 53.6 Å². The molecule has 0 radical (unpaired) electrons. The highest BCUT2D eigenvalue weighted by Gasteiger charge is 2.59. The van der Waals surface area contributed by atoms with E-state index in [0.717, 1.165) is 40.3 Å². The lowest BCUT2D eigenvalue weighted by Gasteiger charge is -2.35. The number of aromatic amines is 1. The summed E-state index contributed by atoms with van der Waals surface area (Å²) in [4.78, 5) is 47.5. The third-order valence-corrected chi connectivity index (χ3v) is 14.5. The summed E-state index contributed by atoms with van der Waals surface area (Å²) in [7, 11) is 1.65. The van der Waals surface area contributed by atoms with E-state index in [9.17, 15) is 9.59 Å². The van der Waals surface area contributed by atoms with Gasteiger partial charge in [-0.25, -0.2) is 18.7 Å². The van der Waals surface area contributed by atoms with Crippen LogP contribution in [0.15, 0.2) is 87.3 Å². The molecule has 0 bridgehead atoms. The fourth-order valence-electron chi connectivity index (χ4n) is 11.0. The van der Waals surface area contributed by atoms with Gasteiger partial charge >= 0.3 is 11.4 Å². The van der Waals surface area contributed by atoms with E-state index in [2.05, 4.69) is 58.8 Å². The Morgan fingerprint density at radius 1 is 0.955 bits per heavy atom. The van der Waals surface area contributed by atoms with Gasteiger partial charge in [-0.05, 0) is 131 Å². The van der Waals surface area contributed by atoms with E-state index < -0.39 is 17.3 Å². The van der Waals surface area contributed by atoms with Crippen LogP contribution in [-0.4, -0.2) is 86.7 Å². The molecule has 1 saturated heterocycles. The molecule has 67 heavy (non-hydrogen) atoms. The van der Waals surface area contributed by atoms with Gasteiger partial charge in [-0.1, -0.05) is 18.1 Å². The number of nitrogens with one attached hydrogen (secondary N) is 1. The molecule has 8 aromatic rings. The van der Waals surface area contributed by atoms with Crippen LogP contribution in [0.5, 0.6) is 0 Å². The second kappa shape index (κ2) is 15.6. The van der Waals surface area contributed by atoms with Crippen molar-refractivity contribution in [1.29, 1.82) is 0 Å². The summed E-state index contributed by atoms with van der Waals surface area (Å²) in [5, 5.41) is 15.6. The topological polar surface area (TPSA) is 165 Å². The third-order valence-electron chi connectivity index (χ3n) is 14.5. The quantitative estimate of drug-likeness (QED) is 0.147. The molecule has 3 aliphatic rings. The Balaban J connectivity index is 1.04. The molecule has 2 aliphatic heterocycles. The first-order chi connectivity index (χ1) is 32.2. The predicted octanol–water partition coefficient (Wildman–Crippen LogP) is 7.41. The molecule has 0 spiro atoms. The Labute approximate surface area is 384 Å². The number of amides is 1. The Morgan fingerprint density at radius 3 is 2.43 bits per heavy atom. The normalized spacial score (nSPS) is 21.4. The summed E-state index contributed by atoms with van der Waals surface area (Å²) in [6.07, 6.45) is 8.00. The highest BCUT2D eigenvalue weighted by molar-refractivity contribution is 6.00. The van der Waals surface area contributed by atoms with Crippen molar-refractivity contribution in [2.24, 2.45) is 5.92 Å². The lowest BCUT2D eigenvalue weighted by molar-refractivity contribution is -0.0592. The van der Waals surface area contributed by atoms with Crippen molar-refractivity contribution in [3.63, 3.8) is 0 Å². The average Bonchev–Trinajstić information content (AvgIpc) is 3.95. The minimum Gasteiger partial charge on any atom is -0.383 e. The average molecular weight is 909 g/mol. The van der Waals surface area contributed by atoms with Gasteiger partial charge in [-0.15, -0.1) is 0 Å². The molecule has 5 aromatic heterocycles. The van der Waals surface area contributed by atoms with E-state index in [1.54, 1.807) is 65.5 Å². The van der Waals surface area contributed by atoms with Crippen molar-refractivity contribution >= 4 is 27.7 Å². The van der Waals surface area contributed by atoms with Gasteiger partial charge in [0.1, 0.15) is 22.9 Å². The molecule has 2 fully saturated rings. The second-order valence-electron chi connectivity index (χ2n) is 19.3. The molecular formula is C50H53FN10O6. The molecular weight excluding hydrogens is 856 g/mol. The number of aromatic nitrogens is 9. The molecule has 1 saturated carbocycles. The monoisotopic (exact) mass is 908 g/mol. The molecule has 3 aromatic carbocycles. The molecule has 11 rings (SSSR count). The number of carbonyl (C=O) groups is 1. The van der Waals surface area contributed by atoms with Gasteiger partial charge in [0, 0.05) is 60.9 Å². The van der Waals surface area contributed by atoms with Crippen LogP contribution >= 0.6 is 0 Å². The van der Waals surface area contributed by atoms with E-state index in [4.69, 9.17) is 19.1 Å². The molecule has 1 amide bonds. The zero-order valence-corrected chi connectivity index (χ0v) is 38.7. The standard InChI is InChI=1S/C50H53FN10O6/c1-28-20-37(21-29(2)43(28)51)61-44(58-16-15-57(48(58)64)36-9-11-39-35(23-36)27-52-59(39)17-19-65-7)42-31(4)56(14-12-38(42)54-61)45(62)41-24-34-22-32(33-13-18-66-49(5,6)26-33)8-10-40(34)60(41)50(25-30(50)3)46-53-47(63)67-55-46/h8-11,15-16,20-24,27,30-31,33H,12-14,17-19,25-26H2,1-7H3,(H,53,55,63)/t30-,31-,33+,50-/m0/s1. The van der Waals surface area contributed by atoms with E-state index in [-0.39, 0.29) is 34.9 Å². The fraction of sp³-hybridized carbons (Fsp3) is 0.400. The first-order valence-electron chi connectivity index (χ1n) is 23.0. The molecule has 0 unspecified atom stereocenters. The molecule has 1 N–H and O–H groups in total. The number of rotatable bonds is 10. The fourth-order valence-corrected chi connectivity index (χ4v) is 11.0. The summed E-state index contributed by atoms with van der Waals surface area (Å²) < 4.78 is 40.3. The van der Waals surface area contributed by atoms with Gasteiger partial charge in [0.25, 0.3) is 5.91 Å². The second-order valence-corrected chi connectivity index (χ2v) is 19.3. The summed E-state index contributed by atoms with van der Waals surface area (Å²) in [6, 6.07) is 17.0. The van der Waals surface area contributed by atoms with Crippen LogP contribution in [0, 0.1) is 25.6 Å². The number of carbonyl (C=O) groups excluding carboxylic acids is 1. The Morgan fingerprint density at radius 2 is 1.72 bits per heavy atom. The van der Waals surface area contributed by atoms with Crippen molar-refractivity contribution in [2.45, 2.75) is 96.9 Å². The lowest BCUT2D eigenvalue weighted by Crippen LogP contribution is -2.41. The number of imidazole rings is 1. The van der Waals surface area contributed by atoms with E-state index in [0.29, 0.717) is 84.5 Å². The van der Waals surface area contributed by atoms with Crippen LogP contribution in [0.4, 0.5) is 4.39 Å². The summed E-state index contributed by atoms with van der Waals surface area (Å²) in [6.45, 7) is 13.8. The minimum absolute atomic E-state index is 0.0210. The number of methoxy groups -OCH3 is 1. The number of hydrogen-bond acceptors (Lipinski definition) is 9. The van der Waals surface area contributed by atoms with Crippen LogP contribution in [0.3, 0.4) is 0 Å². The number of ether oxygens (including phenoxy) is 2. The number of hydrogen-bond donors (Lipinski definition) is 1. The zero-order valence-electron chi connectivity index (χ0n) is 38.7. The summed E-state index contributed by atoms with van der Waals surface area (Å²) in [5.74, 6) is -0.0532. The molecule has 346 valence electrons. The van der Waals surface area contributed by atoms with Crippen LogP contribution in [-0.2, 0) is 28.0 Å². The van der Waals surface area contributed by atoms with Crippen molar-refractivity contribution in [3.8, 4) is 17.2 Å². The first-order valence-corrected chi connectivity index (χ1v) is 23.0. The Bertz CT molecular complexity index is 3380. The van der Waals surface area contributed by atoms with Gasteiger partial charge in [-0.2, -0.15) is 10.2 Å². The predicted molar refractivity (Wildman–Crippen MR) is 248 cm³/mol. The minimum atomic E-state index is -0.832. The van der Waals surface area contributed by atoms with E-state index >= 15 is 9.18 Å². The van der Waals surface area contributed by atoms with Gasteiger partial charge < -0.3 is 18.9 Å². The van der Waals surface area contributed by atoms with Crippen LogP contribution in [0.1, 0.15) is 103 Å². The maximum absolute atomic E-state index is 15.6. The number of fused-ring (bicyclic) bond motifs is 3. The Hall–Kier alpha value is -6.85. The molecule has 7 heterocycles. The smallest absolute Gasteiger partial charge is 0.383 e. The molecule has 4 atom stereocenters. The molecule has 16 nitrogen and oxygen atoms in total. The number of H-pyrrole nitrogens is 1. The van der Waals surface area contributed by atoms with Gasteiger partial charge in [0.2, 0.25) is 0 Å². The van der Waals surface area contributed by atoms with Crippen molar-refractivity contribution in [2.75, 3.05) is 26.9 Å². The number of halogens is 1. The summed E-state index contributed by atoms with van der Waals surface area (Å²) in [5.41, 5.74) is 5.52. The number of nitrogens with zero attached hydrogens (tertiary/aromatic N) is 9. The van der Waals surface area contributed by atoms with Crippen molar-refractivity contribution in [3.05, 3.63) is 140 Å². The Kier molecular flexibility index (Phi) is 9.97. The van der Waals surface area contributed by atoms with Crippen molar-refractivity contribution < 1.29 is 23.2 Å². The summed E-state index contributed by atoms with van der Waals surface area (Å²) >= 11 is 0. The highest BCUT2D eigenvalue weighted by atomic mass is 19.1. The largest absolute Gasteiger partial charge is 0.438 e. The van der Waals surface area contributed by atoms with Gasteiger partial charge in [-0.3, -0.25) is 28.1 Å². The number of aryl methyl sites for hydroxylation is 2. The maximum Gasteiger partial charge on any atom is 0.438 e. The maximum atomic E-state index is 15.6. The van der Waals surface area contributed by atoms with E-state index in [1.165, 1.54) is 5.56 Å².